The molecule has 1 heterocycles. The van der Waals surface area contributed by atoms with E-state index < -0.39 is 0 Å². The molecule has 1 aliphatic rings. The van der Waals surface area contributed by atoms with E-state index in [0.717, 1.165) is 11.3 Å². The molecule has 4 heteroatoms. The summed E-state index contributed by atoms with van der Waals surface area (Å²) in [6.07, 6.45) is 8.44. The largest absolute Gasteiger partial charge is 0.381 e. The molecule has 1 N–H and O–H groups in total. The van der Waals surface area contributed by atoms with Gasteiger partial charge in [0.15, 0.2) is 0 Å². The Labute approximate surface area is 150 Å². The first-order chi connectivity index (χ1) is 12.1. The number of rotatable bonds is 6. The van der Waals surface area contributed by atoms with E-state index in [-0.39, 0.29) is 11.9 Å². The number of nitrogens with zero attached hydrogens (tertiary/aromatic N) is 2. The average molecular weight is 337 g/mol. The molecular weight excluding hydrogens is 310 g/mol. The summed E-state index contributed by atoms with van der Waals surface area (Å²) in [4.78, 5) is 19.2. The monoisotopic (exact) mass is 337 g/mol. The Hall–Kier alpha value is -2.36. The minimum Gasteiger partial charge on any atom is -0.381 e. The molecule has 1 aromatic carbocycles. The molecule has 0 aliphatic heterocycles. The lowest BCUT2D eigenvalue weighted by Crippen LogP contribution is -2.36. The minimum absolute atomic E-state index is 0.0291. The van der Waals surface area contributed by atoms with Crippen LogP contribution < -0.4 is 5.32 Å². The number of pyridine rings is 1. The van der Waals surface area contributed by atoms with Crippen molar-refractivity contribution in [3.63, 3.8) is 0 Å². The second kappa shape index (κ2) is 8.15. The highest BCUT2D eigenvalue weighted by atomic mass is 16.2. The summed E-state index contributed by atoms with van der Waals surface area (Å²) in [6, 6.07) is 12.7. The van der Waals surface area contributed by atoms with Crippen molar-refractivity contribution in [3.8, 4) is 0 Å². The van der Waals surface area contributed by atoms with Crippen LogP contribution in [0.25, 0.3) is 0 Å². The van der Waals surface area contributed by atoms with Crippen LogP contribution in [-0.2, 0) is 6.54 Å². The molecule has 0 atom stereocenters. The van der Waals surface area contributed by atoms with Gasteiger partial charge in [0, 0.05) is 31.0 Å². The molecule has 0 saturated heterocycles. The normalized spacial score (nSPS) is 14.7. The average Bonchev–Trinajstić information content (AvgIpc) is 3.13. The number of carbonyl (C=O) groups excluding carboxylic acids is 1. The van der Waals surface area contributed by atoms with Crippen molar-refractivity contribution in [2.24, 2.45) is 0 Å². The van der Waals surface area contributed by atoms with Crippen molar-refractivity contribution in [2.75, 3.05) is 5.32 Å². The fourth-order valence-corrected chi connectivity index (χ4v) is 3.38. The summed E-state index contributed by atoms with van der Waals surface area (Å²) in [5.41, 5.74) is 2.73. The Balaban J connectivity index is 1.74. The first kappa shape index (κ1) is 17.5. The zero-order chi connectivity index (χ0) is 17.6. The Morgan fingerprint density at radius 2 is 1.92 bits per heavy atom. The fraction of sp³-hybridized carbons (Fsp3) is 0.429. The molecule has 132 valence electrons. The van der Waals surface area contributed by atoms with Crippen molar-refractivity contribution >= 4 is 11.6 Å². The van der Waals surface area contributed by atoms with Crippen molar-refractivity contribution in [3.05, 3.63) is 59.9 Å². The van der Waals surface area contributed by atoms with E-state index in [1.54, 1.807) is 6.20 Å². The molecule has 1 aliphatic carbocycles. The van der Waals surface area contributed by atoms with Crippen LogP contribution in [0.1, 0.15) is 55.5 Å². The maximum atomic E-state index is 13.0. The third-order valence-electron chi connectivity index (χ3n) is 4.79. The molecule has 0 bridgehead atoms. The minimum atomic E-state index is 0.0291. The zero-order valence-electron chi connectivity index (χ0n) is 15.1. The molecule has 3 rings (SSSR count). The van der Waals surface area contributed by atoms with Gasteiger partial charge in [0.1, 0.15) is 0 Å². The van der Waals surface area contributed by atoms with E-state index in [2.05, 4.69) is 36.3 Å². The van der Waals surface area contributed by atoms with Gasteiger partial charge in [-0.2, -0.15) is 0 Å². The Morgan fingerprint density at radius 3 is 2.60 bits per heavy atom. The molecule has 1 saturated carbocycles. The van der Waals surface area contributed by atoms with Crippen molar-refractivity contribution in [1.82, 2.24) is 9.88 Å². The lowest BCUT2D eigenvalue weighted by atomic mass is 10.1. The number of carbonyl (C=O) groups is 1. The molecule has 2 aromatic rings. The lowest BCUT2D eigenvalue weighted by molar-refractivity contribution is 0.0690. The van der Waals surface area contributed by atoms with E-state index >= 15 is 0 Å². The van der Waals surface area contributed by atoms with E-state index in [1.807, 2.05) is 35.4 Å². The fourth-order valence-electron chi connectivity index (χ4n) is 3.38. The molecule has 0 spiro atoms. The van der Waals surface area contributed by atoms with Gasteiger partial charge in [-0.05, 0) is 38.3 Å². The number of nitrogens with one attached hydrogen (secondary N) is 1. The third-order valence-corrected chi connectivity index (χ3v) is 4.79. The number of hydrogen-bond donors (Lipinski definition) is 1. The van der Waals surface area contributed by atoms with E-state index in [4.69, 9.17) is 0 Å². The van der Waals surface area contributed by atoms with Gasteiger partial charge in [-0.25, -0.2) is 0 Å². The second-order valence-electron chi connectivity index (χ2n) is 7.10. The Kier molecular flexibility index (Phi) is 5.69. The maximum Gasteiger partial charge on any atom is 0.256 e. The number of anilines is 1. The standard InChI is InChI=1S/C21H27N3O/c1-16(2)24(15-17-8-4-3-5-9-17)21(25)18-12-20(14-22-13-18)23-19-10-6-7-11-19/h3-5,8-9,12-14,16,19,23H,6-7,10-11,15H2,1-2H3. The SMILES string of the molecule is CC(C)N(Cc1ccccc1)C(=O)c1cncc(NC2CCCC2)c1. The van der Waals surface area contributed by atoms with Crippen molar-refractivity contribution < 1.29 is 4.79 Å². The highest BCUT2D eigenvalue weighted by Gasteiger charge is 2.20. The molecule has 1 fully saturated rings. The molecule has 4 nitrogen and oxygen atoms in total. The summed E-state index contributed by atoms with van der Waals surface area (Å²) in [6.45, 7) is 4.71. The van der Waals surface area contributed by atoms with Crippen LogP contribution in [0.15, 0.2) is 48.8 Å². The first-order valence-corrected chi connectivity index (χ1v) is 9.20. The Morgan fingerprint density at radius 1 is 1.20 bits per heavy atom. The van der Waals surface area contributed by atoms with Crippen LogP contribution in [0.2, 0.25) is 0 Å². The highest BCUT2D eigenvalue weighted by molar-refractivity contribution is 5.95. The van der Waals surface area contributed by atoms with Crippen LogP contribution >= 0.6 is 0 Å². The van der Waals surface area contributed by atoms with Crippen molar-refractivity contribution in [2.45, 2.75) is 58.2 Å². The quantitative estimate of drug-likeness (QED) is 0.845. The second-order valence-corrected chi connectivity index (χ2v) is 7.10. The predicted octanol–water partition coefficient (Wildman–Crippen LogP) is 4.49. The summed E-state index contributed by atoms with van der Waals surface area (Å²) < 4.78 is 0. The highest BCUT2D eigenvalue weighted by Crippen LogP contribution is 2.23. The van der Waals surface area contributed by atoms with Gasteiger partial charge < -0.3 is 10.2 Å². The summed E-state index contributed by atoms with van der Waals surface area (Å²) in [5.74, 6) is 0.0291. The molecule has 0 unspecified atom stereocenters. The molecule has 1 aromatic heterocycles. The smallest absolute Gasteiger partial charge is 0.256 e. The van der Waals surface area contributed by atoms with E-state index in [1.165, 1.54) is 25.7 Å². The van der Waals surface area contributed by atoms with Gasteiger partial charge in [0.2, 0.25) is 0 Å². The first-order valence-electron chi connectivity index (χ1n) is 9.20. The van der Waals surface area contributed by atoms with Crippen molar-refractivity contribution in [1.29, 1.82) is 0 Å². The summed E-state index contributed by atoms with van der Waals surface area (Å²) in [7, 11) is 0. The van der Waals surface area contributed by atoms with Gasteiger partial charge in [0.05, 0.1) is 11.3 Å². The van der Waals surface area contributed by atoms with Gasteiger partial charge in [0.25, 0.3) is 5.91 Å². The van der Waals surface area contributed by atoms with E-state index in [9.17, 15) is 4.79 Å². The predicted molar refractivity (Wildman–Crippen MR) is 102 cm³/mol. The van der Waals surface area contributed by atoms with Crippen LogP contribution in [0.5, 0.6) is 0 Å². The van der Waals surface area contributed by atoms with Gasteiger partial charge in [-0.15, -0.1) is 0 Å². The number of hydrogen-bond acceptors (Lipinski definition) is 3. The molecule has 0 radical (unpaired) electrons. The van der Waals surface area contributed by atoms with Gasteiger partial charge in [-0.1, -0.05) is 43.2 Å². The maximum absolute atomic E-state index is 13.0. The van der Waals surface area contributed by atoms with Gasteiger partial charge >= 0.3 is 0 Å². The Bertz CT molecular complexity index is 693. The number of aromatic nitrogens is 1. The van der Waals surface area contributed by atoms with Crippen LogP contribution in [0.4, 0.5) is 5.69 Å². The van der Waals surface area contributed by atoms with Crippen LogP contribution in [-0.4, -0.2) is 27.9 Å². The topological polar surface area (TPSA) is 45.2 Å². The third kappa shape index (κ3) is 4.59. The zero-order valence-corrected chi connectivity index (χ0v) is 15.1. The van der Waals surface area contributed by atoms with Gasteiger partial charge in [-0.3, -0.25) is 9.78 Å². The molecule has 25 heavy (non-hydrogen) atoms. The van der Waals surface area contributed by atoms with Crippen LogP contribution in [0.3, 0.4) is 0 Å². The molecular formula is C21H27N3O. The summed E-state index contributed by atoms with van der Waals surface area (Å²) in [5, 5.41) is 3.52. The lowest BCUT2D eigenvalue weighted by Gasteiger charge is -2.27. The molecule has 1 amide bonds. The number of amides is 1. The summed E-state index contributed by atoms with van der Waals surface area (Å²) >= 11 is 0. The van der Waals surface area contributed by atoms with Crippen LogP contribution in [0, 0.1) is 0 Å². The van der Waals surface area contributed by atoms with E-state index in [0.29, 0.717) is 18.2 Å². The number of benzene rings is 1.